The van der Waals surface area contributed by atoms with E-state index in [1.54, 1.807) is 27.7 Å². The number of fused-ring (bicyclic) bond motifs is 1. The first-order valence-electron chi connectivity index (χ1n) is 9.79. The molecule has 2 fully saturated rings. The first-order valence-corrected chi connectivity index (χ1v) is 11.3. The van der Waals surface area contributed by atoms with E-state index in [1.165, 1.54) is 16.8 Å². The Bertz CT molecular complexity index is 975. The number of H-pyrrole nitrogens is 1. The molecule has 1 aromatic rings. The Morgan fingerprint density at radius 1 is 1.42 bits per heavy atom. The van der Waals surface area contributed by atoms with Crippen molar-refractivity contribution in [1.82, 2.24) is 9.55 Å². The van der Waals surface area contributed by atoms with Crippen molar-refractivity contribution < 1.29 is 36.8 Å². The summed E-state index contributed by atoms with van der Waals surface area (Å²) in [4.78, 5) is 37.2. The highest BCUT2D eigenvalue weighted by Gasteiger charge is 2.58. The van der Waals surface area contributed by atoms with Crippen LogP contribution in [-0.4, -0.2) is 53.2 Å². The summed E-state index contributed by atoms with van der Waals surface area (Å²) in [5, 5.41) is 0. The molecule has 0 radical (unpaired) electrons. The van der Waals surface area contributed by atoms with Crippen LogP contribution in [0, 0.1) is 5.41 Å². The molecule has 1 N–H and O–H groups in total. The maximum atomic E-state index is 14.1. The number of hydrogen-bond acceptors (Lipinski definition) is 9. The van der Waals surface area contributed by atoms with Crippen LogP contribution in [0.3, 0.4) is 0 Å². The molecule has 11 nitrogen and oxygen atoms in total. The van der Waals surface area contributed by atoms with Gasteiger partial charge in [0.15, 0.2) is 0 Å². The monoisotopic (exact) mass is 464 g/mol. The molecule has 3 heterocycles. The van der Waals surface area contributed by atoms with E-state index < -0.39 is 68.1 Å². The van der Waals surface area contributed by atoms with Gasteiger partial charge in [0.2, 0.25) is 0 Å². The molecule has 0 saturated carbocycles. The van der Waals surface area contributed by atoms with Crippen LogP contribution >= 0.6 is 7.82 Å². The standard InChI is InChI=1S/C18H26FN2O9P/c1-10(2)28-14(23)7-11(19)8-26-31(25)27-9-12-15(30-31)18(3,4)16(29-12)21-6-5-13(22)20-17(21)24/h5-6,10-12,15-16H,7-9H2,1-4H3,(H,20,22,24)/t11-,12+,15+,16+,31+/m0/s1. The molecule has 5 atom stereocenters. The third kappa shape index (κ3) is 5.32. The highest BCUT2D eigenvalue weighted by molar-refractivity contribution is 7.48. The molecular weight excluding hydrogens is 438 g/mol. The number of nitrogens with zero attached hydrogens (tertiary/aromatic N) is 1. The number of esters is 1. The maximum Gasteiger partial charge on any atom is 0.475 e. The molecule has 31 heavy (non-hydrogen) atoms. The maximum absolute atomic E-state index is 14.1. The third-order valence-electron chi connectivity index (χ3n) is 4.92. The number of ether oxygens (including phenoxy) is 2. The lowest BCUT2D eigenvalue weighted by atomic mass is 9.84. The minimum absolute atomic E-state index is 0.174. The fourth-order valence-corrected chi connectivity index (χ4v) is 5.08. The molecular formula is C18H26FN2O9P. The highest BCUT2D eigenvalue weighted by atomic mass is 31.2. The van der Waals surface area contributed by atoms with Crippen LogP contribution in [0.4, 0.5) is 4.39 Å². The first-order chi connectivity index (χ1) is 14.4. The summed E-state index contributed by atoms with van der Waals surface area (Å²) in [6, 6.07) is 1.18. The molecule has 13 heteroatoms. The Morgan fingerprint density at radius 2 is 2.13 bits per heavy atom. The van der Waals surface area contributed by atoms with Gasteiger partial charge in [0, 0.05) is 17.7 Å². The smallest absolute Gasteiger partial charge is 0.463 e. The quantitative estimate of drug-likeness (QED) is 0.472. The van der Waals surface area contributed by atoms with Gasteiger partial charge in [-0.25, -0.2) is 13.8 Å². The van der Waals surface area contributed by atoms with Gasteiger partial charge in [0.05, 0.1) is 25.7 Å². The van der Waals surface area contributed by atoms with Gasteiger partial charge < -0.3 is 9.47 Å². The van der Waals surface area contributed by atoms with E-state index >= 15 is 0 Å². The minimum Gasteiger partial charge on any atom is -0.463 e. The van der Waals surface area contributed by atoms with E-state index in [-0.39, 0.29) is 12.7 Å². The number of carbonyl (C=O) groups excluding carboxylic acids is 1. The number of aromatic nitrogens is 2. The van der Waals surface area contributed by atoms with Gasteiger partial charge in [0.1, 0.15) is 24.6 Å². The Balaban J connectivity index is 1.66. The molecule has 0 bridgehead atoms. The van der Waals surface area contributed by atoms with E-state index in [0.717, 1.165) is 0 Å². The predicted octanol–water partition coefficient (Wildman–Crippen LogP) is 1.68. The first kappa shape index (κ1) is 23.8. The summed E-state index contributed by atoms with van der Waals surface area (Å²) in [6.45, 7) is 5.88. The molecule has 0 amide bonds. The summed E-state index contributed by atoms with van der Waals surface area (Å²) in [7, 11) is -4.14. The Hall–Kier alpha value is -1.85. The molecule has 0 unspecified atom stereocenters. The molecule has 2 aliphatic rings. The van der Waals surface area contributed by atoms with Gasteiger partial charge in [-0.2, -0.15) is 0 Å². The minimum atomic E-state index is -4.14. The summed E-state index contributed by atoms with van der Waals surface area (Å²) in [5.41, 5.74) is -2.10. The normalized spacial score (nSPS) is 30.7. The lowest BCUT2D eigenvalue weighted by molar-refractivity contribution is -0.149. The van der Waals surface area contributed by atoms with Crippen molar-refractivity contribution in [2.75, 3.05) is 13.2 Å². The lowest BCUT2D eigenvalue weighted by Gasteiger charge is -2.36. The van der Waals surface area contributed by atoms with Crippen LogP contribution in [0.2, 0.25) is 0 Å². The number of nitrogens with one attached hydrogen (secondary N) is 1. The number of phosphoric acid groups is 1. The van der Waals surface area contributed by atoms with E-state index in [4.69, 9.17) is 23.0 Å². The van der Waals surface area contributed by atoms with E-state index in [0.29, 0.717) is 0 Å². The van der Waals surface area contributed by atoms with Crippen LogP contribution in [0.1, 0.15) is 40.3 Å². The number of aromatic amines is 1. The Morgan fingerprint density at radius 3 is 2.77 bits per heavy atom. The Labute approximate surface area is 177 Å². The SMILES string of the molecule is CC(C)OC(=O)C[C@H](F)CO[P@]1(=O)OC[C@H]2O[C@@H](n3ccc(=O)[nH]c3=O)C(C)(C)[C@@H]2O1. The van der Waals surface area contributed by atoms with Crippen LogP contribution in [0.15, 0.2) is 21.9 Å². The third-order valence-corrected chi connectivity index (χ3v) is 6.34. The number of alkyl halides is 1. The van der Waals surface area contributed by atoms with Crippen LogP contribution in [-0.2, 0) is 32.4 Å². The highest BCUT2D eigenvalue weighted by Crippen LogP contribution is 2.60. The number of rotatable bonds is 7. The van der Waals surface area contributed by atoms with Crippen molar-refractivity contribution in [2.24, 2.45) is 5.41 Å². The van der Waals surface area contributed by atoms with Gasteiger partial charge in [-0.1, -0.05) is 13.8 Å². The van der Waals surface area contributed by atoms with Crippen molar-refractivity contribution in [2.45, 2.75) is 64.8 Å². The zero-order valence-electron chi connectivity index (χ0n) is 17.6. The fourth-order valence-electron chi connectivity index (χ4n) is 3.52. The van der Waals surface area contributed by atoms with Gasteiger partial charge >= 0.3 is 19.5 Å². The zero-order valence-corrected chi connectivity index (χ0v) is 18.5. The second-order valence-electron chi connectivity index (χ2n) is 8.27. The molecule has 0 spiro atoms. The van der Waals surface area contributed by atoms with E-state index in [9.17, 15) is 23.3 Å². The van der Waals surface area contributed by atoms with Crippen molar-refractivity contribution in [3.05, 3.63) is 33.1 Å². The van der Waals surface area contributed by atoms with Gasteiger partial charge in [-0.15, -0.1) is 0 Å². The summed E-state index contributed by atoms with van der Waals surface area (Å²) < 4.78 is 54.7. The topological polar surface area (TPSA) is 135 Å². The zero-order chi connectivity index (χ0) is 23.0. The van der Waals surface area contributed by atoms with Crippen LogP contribution < -0.4 is 11.2 Å². The second kappa shape index (κ2) is 8.95. The predicted molar refractivity (Wildman–Crippen MR) is 104 cm³/mol. The molecule has 174 valence electrons. The molecule has 1 aromatic heterocycles. The average Bonchev–Trinajstić information content (AvgIpc) is 2.90. The Kier molecular flexibility index (Phi) is 6.87. The van der Waals surface area contributed by atoms with Gasteiger partial charge in [-0.3, -0.25) is 32.7 Å². The second-order valence-corrected chi connectivity index (χ2v) is 9.89. The molecule has 3 rings (SSSR count). The van der Waals surface area contributed by atoms with Crippen LogP contribution in [0.25, 0.3) is 0 Å². The van der Waals surface area contributed by atoms with E-state index in [2.05, 4.69) is 4.98 Å². The summed E-state index contributed by atoms with van der Waals surface area (Å²) in [6.07, 6.45) is -3.73. The summed E-state index contributed by atoms with van der Waals surface area (Å²) >= 11 is 0. The number of hydrogen-bond donors (Lipinski definition) is 1. The largest absolute Gasteiger partial charge is 0.475 e. The number of halogens is 1. The van der Waals surface area contributed by atoms with Gasteiger partial charge in [0.25, 0.3) is 5.56 Å². The number of carbonyl (C=O) groups is 1. The summed E-state index contributed by atoms with van der Waals surface area (Å²) in [5.74, 6) is -0.741. The average molecular weight is 464 g/mol. The van der Waals surface area contributed by atoms with Crippen molar-refractivity contribution in [3.8, 4) is 0 Å². The fraction of sp³-hybridized carbons (Fsp3) is 0.722. The molecule has 2 aliphatic heterocycles. The molecule has 0 aromatic carbocycles. The van der Waals surface area contributed by atoms with Crippen LogP contribution in [0.5, 0.6) is 0 Å². The lowest BCUT2D eigenvalue weighted by Crippen LogP contribution is -2.42. The van der Waals surface area contributed by atoms with Crippen molar-refractivity contribution >= 4 is 13.8 Å². The van der Waals surface area contributed by atoms with Crippen molar-refractivity contribution in [3.63, 3.8) is 0 Å². The number of phosphoric ester groups is 1. The van der Waals surface area contributed by atoms with E-state index in [1.807, 2.05) is 0 Å². The molecule has 0 aliphatic carbocycles. The van der Waals surface area contributed by atoms with Crippen molar-refractivity contribution in [1.29, 1.82) is 0 Å². The van der Waals surface area contributed by atoms with Gasteiger partial charge in [-0.05, 0) is 13.8 Å². The molecule has 2 saturated heterocycles.